The summed E-state index contributed by atoms with van der Waals surface area (Å²) in [5, 5.41) is 11.9. The highest BCUT2D eigenvalue weighted by Gasteiger charge is 2.36. The van der Waals surface area contributed by atoms with E-state index < -0.39 is 11.9 Å². The summed E-state index contributed by atoms with van der Waals surface area (Å²) in [5.74, 6) is -1.32. The zero-order valence-electron chi connectivity index (χ0n) is 11.7. The number of nitrogens with zero attached hydrogens (tertiary/aromatic N) is 2. The summed E-state index contributed by atoms with van der Waals surface area (Å²) in [6.45, 7) is 4.98. The minimum atomic E-state index is -0.835. The molecule has 2 rings (SSSR count). The third-order valence-electron chi connectivity index (χ3n) is 3.78. The highest BCUT2D eigenvalue weighted by molar-refractivity contribution is 5.77. The number of carboxylic acids is 1. The molecule has 0 bridgehead atoms. The highest BCUT2D eigenvalue weighted by atomic mass is 16.4. The van der Waals surface area contributed by atoms with Crippen molar-refractivity contribution in [2.45, 2.75) is 20.4 Å². The first-order chi connectivity index (χ1) is 9.49. The molecule has 1 aromatic heterocycles. The van der Waals surface area contributed by atoms with E-state index in [1.165, 1.54) is 0 Å². The van der Waals surface area contributed by atoms with Crippen molar-refractivity contribution in [1.82, 2.24) is 15.2 Å². The molecule has 0 saturated carbocycles. The fourth-order valence-electron chi connectivity index (χ4n) is 2.44. The second kappa shape index (κ2) is 5.90. The number of carboxylic acid groups (broad SMARTS) is 1. The van der Waals surface area contributed by atoms with Crippen LogP contribution in [0.3, 0.4) is 0 Å². The Hall–Kier alpha value is -2.11. The fourth-order valence-corrected chi connectivity index (χ4v) is 2.44. The summed E-state index contributed by atoms with van der Waals surface area (Å²) in [4.78, 5) is 28.7. The third-order valence-corrected chi connectivity index (χ3v) is 3.78. The Bertz CT molecular complexity index is 518. The van der Waals surface area contributed by atoms with Crippen molar-refractivity contribution in [3.8, 4) is 0 Å². The Kier molecular flexibility index (Phi) is 4.22. The van der Waals surface area contributed by atoms with Gasteiger partial charge < -0.3 is 15.3 Å². The smallest absolute Gasteiger partial charge is 0.317 e. The van der Waals surface area contributed by atoms with Gasteiger partial charge in [-0.2, -0.15) is 0 Å². The van der Waals surface area contributed by atoms with Crippen LogP contribution >= 0.6 is 0 Å². The first kappa shape index (κ1) is 14.3. The number of aliphatic carboxylic acids is 1. The molecule has 0 aromatic carbocycles. The lowest BCUT2D eigenvalue weighted by atomic mass is 9.99. The molecule has 0 spiro atoms. The lowest BCUT2D eigenvalue weighted by Gasteiger charge is -2.17. The number of pyridine rings is 1. The van der Waals surface area contributed by atoms with Gasteiger partial charge in [0.15, 0.2) is 0 Å². The van der Waals surface area contributed by atoms with E-state index in [1.54, 1.807) is 17.3 Å². The zero-order valence-corrected chi connectivity index (χ0v) is 11.7. The highest BCUT2D eigenvalue weighted by Crippen LogP contribution is 2.23. The second-order valence-electron chi connectivity index (χ2n) is 5.29. The molecule has 6 nitrogen and oxygen atoms in total. The molecule has 20 heavy (non-hydrogen) atoms. The topological polar surface area (TPSA) is 82.5 Å². The molecule has 1 aliphatic rings. The SMILES string of the molecule is Cc1cnccc1CNC(=O)N1CC(C)C(C(=O)O)C1. The van der Waals surface area contributed by atoms with E-state index in [0.29, 0.717) is 13.1 Å². The molecule has 108 valence electrons. The number of hydrogen-bond donors (Lipinski definition) is 2. The van der Waals surface area contributed by atoms with Gasteiger partial charge in [-0.25, -0.2) is 4.79 Å². The van der Waals surface area contributed by atoms with E-state index >= 15 is 0 Å². The van der Waals surface area contributed by atoms with Crippen LogP contribution in [0.25, 0.3) is 0 Å². The maximum Gasteiger partial charge on any atom is 0.317 e. The number of hydrogen-bond acceptors (Lipinski definition) is 3. The van der Waals surface area contributed by atoms with Crippen molar-refractivity contribution < 1.29 is 14.7 Å². The molecule has 1 fully saturated rings. The molecule has 0 radical (unpaired) electrons. The normalized spacial score (nSPS) is 21.8. The molecule has 2 heterocycles. The van der Waals surface area contributed by atoms with Gasteiger partial charge >= 0.3 is 12.0 Å². The van der Waals surface area contributed by atoms with Crippen molar-refractivity contribution in [2.24, 2.45) is 11.8 Å². The van der Waals surface area contributed by atoms with Crippen molar-refractivity contribution in [3.05, 3.63) is 29.6 Å². The van der Waals surface area contributed by atoms with E-state index in [4.69, 9.17) is 5.11 Å². The molecule has 1 aliphatic heterocycles. The van der Waals surface area contributed by atoms with Gasteiger partial charge in [0.25, 0.3) is 0 Å². The van der Waals surface area contributed by atoms with Crippen LogP contribution in [0.1, 0.15) is 18.1 Å². The quantitative estimate of drug-likeness (QED) is 0.871. The number of likely N-dealkylation sites (tertiary alicyclic amines) is 1. The van der Waals surface area contributed by atoms with E-state index in [-0.39, 0.29) is 18.5 Å². The van der Waals surface area contributed by atoms with Gasteiger partial charge in [-0.15, -0.1) is 0 Å². The molecule has 2 atom stereocenters. The van der Waals surface area contributed by atoms with Gasteiger partial charge in [-0.05, 0) is 30.0 Å². The van der Waals surface area contributed by atoms with E-state index in [9.17, 15) is 9.59 Å². The first-order valence-corrected chi connectivity index (χ1v) is 6.64. The third kappa shape index (κ3) is 3.07. The van der Waals surface area contributed by atoms with Gasteiger partial charge in [0, 0.05) is 32.0 Å². The Labute approximate surface area is 117 Å². The van der Waals surface area contributed by atoms with E-state index in [0.717, 1.165) is 11.1 Å². The summed E-state index contributed by atoms with van der Waals surface area (Å²) >= 11 is 0. The Balaban J connectivity index is 1.90. The standard InChI is InChI=1S/C14H19N3O3/c1-9-5-15-4-3-11(9)6-16-14(20)17-7-10(2)12(8-17)13(18)19/h3-5,10,12H,6-8H2,1-2H3,(H,16,20)(H,18,19). The maximum atomic E-state index is 12.0. The molecule has 2 amide bonds. The summed E-state index contributed by atoms with van der Waals surface area (Å²) < 4.78 is 0. The Morgan fingerprint density at radius 1 is 1.50 bits per heavy atom. The Morgan fingerprint density at radius 2 is 2.25 bits per heavy atom. The molecule has 2 N–H and O–H groups in total. The van der Waals surface area contributed by atoms with Crippen LogP contribution in [-0.2, 0) is 11.3 Å². The van der Waals surface area contributed by atoms with Crippen LogP contribution in [0.15, 0.2) is 18.5 Å². The predicted molar refractivity (Wildman–Crippen MR) is 73.1 cm³/mol. The molecular formula is C14H19N3O3. The molecule has 1 saturated heterocycles. The van der Waals surface area contributed by atoms with Crippen molar-refractivity contribution in [2.75, 3.05) is 13.1 Å². The van der Waals surface area contributed by atoms with Crippen molar-refractivity contribution in [1.29, 1.82) is 0 Å². The molecule has 2 unspecified atom stereocenters. The largest absolute Gasteiger partial charge is 0.481 e. The maximum absolute atomic E-state index is 12.0. The number of amides is 2. The number of aromatic nitrogens is 1. The second-order valence-corrected chi connectivity index (χ2v) is 5.29. The average molecular weight is 277 g/mol. The van der Waals surface area contributed by atoms with Gasteiger partial charge in [0.2, 0.25) is 0 Å². The number of urea groups is 1. The summed E-state index contributed by atoms with van der Waals surface area (Å²) in [7, 11) is 0. The van der Waals surface area contributed by atoms with Crippen LogP contribution in [0.4, 0.5) is 4.79 Å². The number of aryl methyl sites for hydroxylation is 1. The van der Waals surface area contributed by atoms with Gasteiger partial charge in [0.1, 0.15) is 0 Å². The fraction of sp³-hybridized carbons (Fsp3) is 0.500. The van der Waals surface area contributed by atoms with Crippen LogP contribution in [0.5, 0.6) is 0 Å². The molecule has 6 heteroatoms. The first-order valence-electron chi connectivity index (χ1n) is 6.64. The lowest BCUT2D eigenvalue weighted by molar-refractivity contribution is -0.142. The molecule has 1 aromatic rings. The summed E-state index contributed by atoms with van der Waals surface area (Å²) in [5.41, 5.74) is 2.03. The monoisotopic (exact) mass is 277 g/mol. The number of rotatable bonds is 3. The van der Waals surface area contributed by atoms with E-state index in [1.807, 2.05) is 19.9 Å². The molecule has 0 aliphatic carbocycles. The summed E-state index contributed by atoms with van der Waals surface area (Å²) in [6, 6.07) is 1.65. The van der Waals surface area contributed by atoms with Crippen LogP contribution in [-0.4, -0.2) is 40.1 Å². The molecular weight excluding hydrogens is 258 g/mol. The van der Waals surface area contributed by atoms with Gasteiger partial charge in [-0.3, -0.25) is 9.78 Å². The van der Waals surface area contributed by atoms with Crippen molar-refractivity contribution >= 4 is 12.0 Å². The van der Waals surface area contributed by atoms with E-state index in [2.05, 4.69) is 10.3 Å². The lowest BCUT2D eigenvalue weighted by Crippen LogP contribution is -2.38. The zero-order chi connectivity index (χ0) is 14.7. The minimum absolute atomic E-state index is 0.0130. The number of nitrogens with one attached hydrogen (secondary N) is 1. The van der Waals surface area contributed by atoms with Crippen LogP contribution in [0, 0.1) is 18.8 Å². The number of carbonyl (C=O) groups excluding carboxylic acids is 1. The minimum Gasteiger partial charge on any atom is -0.481 e. The van der Waals surface area contributed by atoms with Crippen LogP contribution in [0.2, 0.25) is 0 Å². The Morgan fingerprint density at radius 3 is 2.85 bits per heavy atom. The number of carbonyl (C=O) groups is 2. The van der Waals surface area contributed by atoms with Crippen LogP contribution < -0.4 is 5.32 Å². The van der Waals surface area contributed by atoms with Gasteiger partial charge in [0.05, 0.1) is 5.92 Å². The average Bonchev–Trinajstić information content (AvgIpc) is 2.80. The predicted octanol–water partition coefficient (Wildman–Crippen LogP) is 1.25. The van der Waals surface area contributed by atoms with Gasteiger partial charge in [-0.1, -0.05) is 6.92 Å². The van der Waals surface area contributed by atoms with Crippen molar-refractivity contribution in [3.63, 3.8) is 0 Å². The summed E-state index contributed by atoms with van der Waals surface area (Å²) in [6.07, 6.45) is 3.44.